The van der Waals surface area contributed by atoms with Crippen molar-refractivity contribution in [2.75, 3.05) is 0 Å². The fraction of sp³-hybridized carbons (Fsp3) is 1.00. The maximum Gasteiger partial charge on any atom is 0.0366 e. The highest BCUT2D eigenvalue weighted by atomic mass is 35.5. The minimum atomic E-state index is 0.483. The van der Waals surface area contributed by atoms with Crippen LogP contribution in [0.4, 0.5) is 0 Å². The minimum absolute atomic E-state index is 0.483. The van der Waals surface area contributed by atoms with Crippen LogP contribution in [-0.4, -0.2) is 5.38 Å². The molecule has 0 aromatic heterocycles. The van der Waals surface area contributed by atoms with Gasteiger partial charge < -0.3 is 0 Å². The van der Waals surface area contributed by atoms with Gasteiger partial charge in [0.15, 0.2) is 0 Å². The van der Waals surface area contributed by atoms with E-state index in [4.69, 9.17) is 11.6 Å². The van der Waals surface area contributed by atoms with E-state index in [1.54, 1.807) is 0 Å². The second-order valence-electron chi connectivity index (χ2n) is 6.36. The molecule has 0 aliphatic heterocycles. The van der Waals surface area contributed by atoms with Crippen molar-refractivity contribution in [1.82, 2.24) is 0 Å². The van der Waals surface area contributed by atoms with Crippen LogP contribution in [0.5, 0.6) is 0 Å². The van der Waals surface area contributed by atoms with Gasteiger partial charge in [0, 0.05) is 5.38 Å². The maximum atomic E-state index is 6.72. The first-order chi connectivity index (χ1) is 8.36. The molecule has 1 heteroatoms. The lowest BCUT2D eigenvalue weighted by molar-refractivity contribution is 0.347. The van der Waals surface area contributed by atoms with Gasteiger partial charge in [0.1, 0.15) is 0 Å². The molecule has 0 heterocycles. The molecule has 2 aliphatic rings. The van der Waals surface area contributed by atoms with Crippen molar-refractivity contribution in [3.05, 3.63) is 0 Å². The Bertz CT molecular complexity index is 186. The topological polar surface area (TPSA) is 0 Å². The molecular formula is C16H29Cl. The van der Waals surface area contributed by atoms with Crippen LogP contribution in [0, 0.1) is 11.8 Å². The summed E-state index contributed by atoms with van der Waals surface area (Å²) in [6, 6.07) is 0. The third-order valence-electron chi connectivity index (χ3n) is 4.94. The van der Waals surface area contributed by atoms with Crippen LogP contribution >= 0.6 is 11.6 Å². The Morgan fingerprint density at radius 3 is 1.71 bits per heavy atom. The van der Waals surface area contributed by atoms with Crippen LogP contribution in [0.1, 0.15) is 83.5 Å². The molecule has 0 amide bonds. The Morgan fingerprint density at radius 2 is 1.18 bits per heavy atom. The molecule has 2 rings (SSSR count). The zero-order chi connectivity index (χ0) is 11.9. The number of halogens is 1. The number of hydrogen-bond acceptors (Lipinski definition) is 0. The predicted octanol–water partition coefficient (Wildman–Crippen LogP) is 5.92. The van der Waals surface area contributed by atoms with E-state index in [0.29, 0.717) is 5.38 Å². The van der Waals surface area contributed by atoms with Crippen molar-refractivity contribution in [1.29, 1.82) is 0 Å². The Balaban J connectivity index is 1.75. The first kappa shape index (κ1) is 13.7. The molecule has 2 saturated carbocycles. The Kier molecular flexibility index (Phi) is 6.18. The Morgan fingerprint density at radius 1 is 0.706 bits per heavy atom. The fourth-order valence-corrected chi connectivity index (χ4v) is 4.29. The lowest BCUT2D eigenvalue weighted by Gasteiger charge is -2.24. The Hall–Kier alpha value is 0.290. The summed E-state index contributed by atoms with van der Waals surface area (Å²) in [6.07, 6.45) is 18.6. The molecule has 0 aromatic carbocycles. The third-order valence-corrected chi connectivity index (χ3v) is 5.48. The van der Waals surface area contributed by atoms with E-state index in [1.165, 1.54) is 83.5 Å². The van der Waals surface area contributed by atoms with Crippen LogP contribution in [0.3, 0.4) is 0 Å². The van der Waals surface area contributed by atoms with Crippen LogP contribution in [-0.2, 0) is 0 Å². The predicted molar refractivity (Wildman–Crippen MR) is 76.6 cm³/mol. The molecule has 2 fully saturated rings. The normalized spacial score (nSPS) is 27.4. The van der Waals surface area contributed by atoms with E-state index >= 15 is 0 Å². The van der Waals surface area contributed by atoms with E-state index in [1.807, 2.05) is 0 Å². The van der Waals surface area contributed by atoms with E-state index in [-0.39, 0.29) is 0 Å². The first-order valence-electron chi connectivity index (χ1n) is 8.00. The summed E-state index contributed by atoms with van der Waals surface area (Å²) in [5.41, 5.74) is 0. The minimum Gasteiger partial charge on any atom is -0.123 e. The SMILES string of the molecule is ClC(CC1CCCCCC1)C1CCCCCC1. The molecule has 2 aliphatic carbocycles. The molecule has 100 valence electrons. The maximum absolute atomic E-state index is 6.72. The van der Waals surface area contributed by atoms with Crippen molar-refractivity contribution in [2.45, 2.75) is 88.8 Å². The Labute approximate surface area is 113 Å². The van der Waals surface area contributed by atoms with Gasteiger partial charge in [-0.1, -0.05) is 64.2 Å². The molecule has 0 saturated heterocycles. The lowest BCUT2D eigenvalue weighted by Crippen LogP contribution is -2.18. The van der Waals surface area contributed by atoms with E-state index < -0.39 is 0 Å². The van der Waals surface area contributed by atoms with Crippen molar-refractivity contribution in [3.63, 3.8) is 0 Å². The summed E-state index contributed by atoms with van der Waals surface area (Å²) in [6.45, 7) is 0. The van der Waals surface area contributed by atoms with Crippen molar-refractivity contribution >= 4 is 11.6 Å². The van der Waals surface area contributed by atoms with Gasteiger partial charge in [-0.15, -0.1) is 11.6 Å². The number of hydrogen-bond donors (Lipinski definition) is 0. The van der Waals surface area contributed by atoms with Gasteiger partial charge in [-0.25, -0.2) is 0 Å². The third kappa shape index (κ3) is 4.81. The van der Waals surface area contributed by atoms with Gasteiger partial charge in [0.25, 0.3) is 0 Å². The smallest absolute Gasteiger partial charge is 0.0366 e. The monoisotopic (exact) mass is 256 g/mol. The summed E-state index contributed by atoms with van der Waals surface area (Å²) in [4.78, 5) is 0. The zero-order valence-corrected chi connectivity index (χ0v) is 12.1. The van der Waals surface area contributed by atoms with Crippen LogP contribution in [0.15, 0.2) is 0 Å². The fourth-order valence-electron chi connectivity index (χ4n) is 3.78. The van der Waals surface area contributed by atoms with Crippen LogP contribution < -0.4 is 0 Å². The van der Waals surface area contributed by atoms with Gasteiger partial charge in [0.05, 0.1) is 0 Å². The van der Waals surface area contributed by atoms with Gasteiger partial charge in [-0.2, -0.15) is 0 Å². The average Bonchev–Trinajstić information content (AvgIpc) is 2.72. The quantitative estimate of drug-likeness (QED) is 0.434. The van der Waals surface area contributed by atoms with Gasteiger partial charge >= 0.3 is 0 Å². The van der Waals surface area contributed by atoms with E-state index in [0.717, 1.165) is 11.8 Å². The van der Waals surface area contributed by atoms with Crippen molar-refractivity contribution in [2.24, 2.45) is 11.8 Å². The highest BCUT2D eigenvalue weighted by Crippen LogP contribution is 2.35. The second kappa shape index (κ2) is 7.67. The molecule has 0 aromatic rings. The van der Waals surface area contributed by atoms with Crippen molar-refractivity contribution < 1.29 is 0 Å². The lowest BCUT2D eigenvalue weighted by atomic mass is 9.87. The van der Waals surface area contributed by atoms with Gasteiger partial charge in [-0.3, -0.25) is 0 Å². The molecule has 0 N–H and O–H groups in total. The van der Waals surface area contributed by atoms with Crippen LogP contribution in [0.2, 0.25) is 0 Å². The zero-order valence-electron chi connectivity index (χ0n) is 11.3. The number of rotatable bonds is 3. The average molecular weight is 257 g/mol. The molecule has 0 bridgehead atoms. The standard InChI is InChI=1S/C16H29Cl/c17-16(15-11-7-3-4-8-12-15)13-14-9-5-1-2-6-10-14/h14-16H,1-13H2. The molecule has 0 radical (unpaired) electrons. The first-order valence-corrected chi connectivity index (χ1v) is 8.44. The van der Waals surface area contributed by atoms with Gasteiger partial charge in [0.2, 0.25) is 0 Å². The largest absolute Gasteiger partial charge is 0.123 e. The highest BCUT2D eigenvalue weighted by molar-refractivity contribution is 6.20. The second-order valence-corrected chi connectivity index (χ2v) is 6.92. The molecule has 1 atom stereocenters. The van der Waals surface area contributed by atoms with Crippen LogP contribution in [0.25, 0.3) is 0 Å². The molecule has 1 unspecified atom stereocenters. The summed E-state index contributed by atoms with van der Waals surface area (Å²) < 4.78 is 0. The highest BCUT2D eigenvalue weighted by Gasteiger charge is 2.24. The molecule has 0 nitrogen and oxygen atoms in total. The molecular weight excluding hydrogens is 228 g/mol. The molecule has 17 heavy (non-hydrogen) atoms. The van der Waals surface area contributed by atoms with Crippen molar-refractivity contribution in [3.8, 4) is 0 Å². The number of alkyl halides is 1. The van der Waals surface area contributed by atoms with E-state index in [9.17, 15) is 0 Å². The summed E-state index contributed by atoms with van der Waals surface area (Å²) in [5.74, 6) is 1.78. The summed E-state index contributed by atoms with van der Waals surface area (Å²) in [5, 5.41) is 0.483. The summed E-state index contributed by atoms with van der Waals surface area (Å²) in [7, 11) is 0. The van der Waals surface area contributed by atoms with E-state index in [2.05, 4.69) is 0 Å². The molecule has 0 spiro atoms. The summed E-state index contributed by atoms with van der Waals surface area (Å²) >= 11 is 6.72. The van der Waals surface area contributed by atoms with Gasteiger partial charge in [-0.05, 0) is 31.1 Å².